The first kappa shape index (κ1) is 13.9. The highest BCUT2D eigenvalue weighted by atomic mass is 16.5. The van der Waals surface area contributed by atoms with Gasteiger partial charge in [-0.1, -0.05) is 31.5 Å². The van der Waals surface area contributed by atoms with Crippen molar-refractivity contribution in [2.45, 2.75) is 31.9 Å². The molecule has 0 amide bonds. The Hall–Kier alpha value is -1.49. The second kappa shape index (κ2) is 6.61. The third-order valence-corrected chi connectivity index (χ3v) is 3.44. The predicted octanol–water partition coefficient (Wildman–Crippen LogP) is 2.55. The van der Waals surface area contributed by atoms with Gasteiger partial charge in [0.1, 0.15) is 0 Å². The van der Waals surface area contributed by atoms with E-state index in [1.165, 1.54) is 0 Å². The van der Waals surface area contributed by atoms with E-state index in [2.05, 4.69) is 29.5 Å². The van der Waals surface area contributed by atoms with Crippen LogP contribution < -0.4 is 11.3 Å². The quantitative estimate of drug-likeness (QED) is 0.618. The number of fused-ring (bicyclic) bond motifs is 1. The standard InChI is InChI=1S/C15H21N3O/c1-3-6-14(19-2)15(18-16)12-7-4-9-13-11(12)8-5-10-17-13/h4-5,7-10,14-15,18H,3,6,16H2,1-2H3. The maximum atomic E-state index is 5.75. The summed E-state index contributed by atoms with van der Waals surface area (Å²) in [6, 6.07) is 10.1. The molecule has 0 bridgehead atoms. The summed E-state index contributed by atoms with van der Waals surface area (Å²) in [5.74, 6) is 5.75. The van der Waals surface area contributed by atoms with E-state index in [9.17, 15) is 0 Å². The molecule has 1 heterocycles. The van der Waals surface area contributed by atoms with Gasteiger partial charge in [-0.2, -0.15) is 0 Å². The van der Waals surface area contributed by atoms with Crippen molar-refractivity contribution < 1.29 is 4.74 Å². The fraction of sp³-hybridized carbons (Fsp3) is 0.400. The number of ether oxygens (including phenoxy) is 1. The van der Waals surface area contributed by atoms with Crippen molar-refractivity contribution in [3.63, 3.8) is 0 Å². The zero-order valence-electron chi connectivity index (χ0n) is 11.5. The molecule has 0 aliphatic heterocycles. The number of benzene rings is 1. The molecule has 0 fully saturated rings. The van der Waals surface area contributed by atoms with Crippen LogP contribution in [0.5, 0.6) is 0 Å². The van der Waals surface area contributed by atoms with Gasteiger partial charge in [0.25, 0.3) is 0 Å². The number of nitrogens with zero attached hydrogens (tertiary/aromatic N) is 1. The van der Waals surface area contributed by atoms with Gasteiger partial charge in [-0.05, 0) is 24.1 Å². The maximum Gasteiger partial charge on any atom is 0.0779 e. The van der Waals surface area contributed by atoms with Crippen molar-refractivity contribution in [2.24, 2.45) is 5.84 Å². The summed E-state index contributed by atoms with van der Waals surface area (Å²) in [5.41, 5.74) is 5.00. The molecule has 2 atom stereocenters. The minimum absolute atomic E-state index is 0.0298. The van der Waals surface area contributed by atoms with E-state index < -0.39 is 0 Å². The first-order valence-electron chi connectivity index (χ1n) is 6.64. The number of rotatable bonds is 6. The largest absolute Gasteiger partial charge is 0.379 e. The number of hydrogen-bond donors (Lipinski definition) is 2. The van der Waals surface area contributed by atoms with Crippen LogP contribution in [-0.2, 0) is 4.74 Å². The molecule has 0 radical (unpaired) electrons. The summed E-state index contributed by atoms with van der Waals surface area (Å²) in [6.07, 6.45) is 3.87. The fourth-order valence-electron chi connectivity index (χ4n) is 2.50. The SMILES string of the molecule is CCCC(OC)C(NN)c1cccc2ncccc12. The summed E-state index contributed by atoms with van der Waals surface area (Å²) in [5, 5.41) is 1.12. The van der Waals surface area contributed by atoms with Crippen LogP contribution in [0.4, 0.5) is 0 Å². The molecular weight excluding hydrogens is 238 g/mol. The molecule has 0 spiro atoms. The number of pyridine rings is 1. The van der Waals surface area contributed by atoms with Crippen LogP contribution in [0.3, 0.4) is 0 Å². The van der Waals surface area contributed by atoms with Crippen molar-refractivity contribution in [1.82, 2.24) is 10.4 Å². The number of aromatic nitrogens is 1. The smallest absolute Gasteiger partial charge is 0.0779 e. The number of nitrogens with two attached hydrogens (primary N) is 1. The summed E-state index contributed by atoms with van der Waals surface area (Å²) in [6.45, 7) is 2.14. The monoisotopic (exact) mass is 259 g/mol. The zero-order chi connectivity index (χ0) is 13.7. The van der Waals surface area contributed by atoms with Crippen LogP contribution in [0.1, 0.15) is 31.4 Å². The normalized spacial score (nSPS) is 14.5. The molecule has 0 saturated heterocycles. The van der Waals surface area contributed by atoms with Crippen molar-refractivity contribution >= 4 is 10.9 Å². The number of hydrazine groups is 1. The molecule has 2 unspecified atom stereocenters. The molecule has 0 aliphatic carbocycles. The van der Waals surface area contributed by atoms with Crippen LogP contribution in [0.25, 0.3) is 10.9 Å². The zero-order valence-corrected chi connectivity index (χ0v) is 11.5. The summed E-state index contributed by atoms with van der Waals surface area (Å²) in [4.78, 5) is 4.38. The number of nitrogens with one attached hydrogen (secondary N) is 1. The number of hydrogen-bond acceptors (Lipinski definition) is 4. The van der Waals surface area contributed by atoms with Crippen molar-refractivity contribution in [2.75, 3.05) is 7.11 Å². The predicted molar refractivity (Wildman–Crippen MR) is 77.5 cm³/mol. The molecule has 0 aliphatic rings. The molecule has 102 valence electrons. The minimum Gasteiger partial charge on any atom is -0.379 e. The molecule has 0 saturated carbocycles. The van der Waals surface area contributed by atoms with E-state index in [1.54, 1.807) is 13.3 Å². The Morgan fingerprint density at radius 3 is 2.84 bits per heavy atom. The van der Waals surface area contributed by atoms with Crippen LogP contribution in [-0.4, -0.2) is 18.2 Å². The Balaban J connectivity index is 2.45. The lowest BCUT2D eigenvalue weighted by molar-refractivity contribution is 0.0610. The summed E-state index contributed by atoms with van der Waals surface area (Å²) >= 11 is 0. The molecule has 1 aromatic heterocycles. The van der Waals surface area contributed by atoms with Gasteiger partial charge < -0.3 is 4.74 Å². The van der Waals surface area contributed by atoms with Gasteiger partial charge in [0.15, 0.2) is 0 Å². The first-order valence-corrected chi connectivity index (χ1v) is 6.64. The highest BCUT2D eigenvalue weighted by molar-refractivity contribution is 5.82. The topological polar surface area (TPSA) is 60.2 Å². The molecule has 3 N–H and O–H groups in total. The van der Waals surface area contributed by atoms with Crippen molar-refractivity contribution in [3.05, 3.63) is 42.1 Å². The van der Waals surface area contributed by atoms with Crippen molar-refractivity contribution in [1.29, 1.82) is 0 Å². The van der Waals surface area contributed by atoms with Gasteiger partial charge in [-0.15, -0.1) is 0 Å². The third-order valence-electron chi connectivity index (χ3n) is 3.44. The second-order valence-corrected chi connectivity index (χ2v) is 4.62. The van der Waals surface area contributed by atoms with Gasteiger partial charge in [0.05, 0.1) is 17.7 Å². The molecule has 4 nitrogen and oxygen atoms in total. The third kappa shape index (κ3) is 2.92. The van der Waals surface area contributed by atoms with Gasteiger partial charge >= 0.3 is 0 Å². The summed E-state index contributed by atoms with van der Waals surface area (Å²) < 4.78 is 5.58. The van der Waals surface area contributed by atoms with Gasteiger partial charge in [-0.3, -0.25) is 16.3 Å². The second-order valence-electron chi connectivity index (χ2n) is 4.62. The highest BCUT2D eigenvalue weighted by Crippen LogP contribution is 2.27. The Kier molecular flexibility index (Phi) is 4.85. The van der Waals surface area contributed by atoms with Gasteiger partial charge in [0, 0.05) is 18.7 Å². The molecular formula is C15H21N3O. The summed E-state index contributed by atoms with van der Waals surface area (Å²) in [7, 11) is 1.73. The Bertz CT molecular complexity index is 524. The van der Waals surface area contributed by atoms with Gasteiger partial charge in [0.2, 0.25) is 0 Å². The molecule has 4 heteroatoms. The Labute approximate surface area is 113 Å². The average molecular weight is 259 g/mol. The van der Waals surface area contributed by atoms with Gasteiger partial charge in [-0.25, -0.2) is 0 Å². The highest BCUT2D eigenvalue weighted by Gasteiger charge is 2.22. The molecule has 2 aromatic rings. The fourth-order valence-corrected chi connectivity index (χ4v) is 2.50. The van der Waals surface area contributed by atoms with Crippen LogP contribution in [0, 0.1) is 0 Å². The lowest BCUT2D eigenvalue weighted by Crippen LogP contribution is -2.37. The average Bonchev–Trinajstić information content (AvgIpc) is 2.47. The molecule has 2 rings (SSSR count). The van der Waals surface area contributed by atoms with Crippen LogP contribution >= 0.6 is 0 Å². The lowest BCUT2D eigenvalue weighted by Gasteiger charge is -2.26. The van der Waals surface area contributed by atoms with Crippen LogP contribution in [0.2, 0.25) is 0 Å². The Morgan fingerprint density at radius 1 is 1.32 bits per heavy atom. The number of methoxy groups -OCH3 is 1. The lowest BCUT2D eigenvalue weighted by atomic mass is 9.95. The van der Waals surface area contributed by atoms with E-state index >= 15 is 0 Å². The van der Waals surface area contributed by atoms with E-state index in [0.717, 1.165) is 29.3 Å². The van der Waals surface area contributed by atoms with E-state index in [-0.39, 0.29) is 12.1 Å². The first-order chi connectivity index (χ1) is 9.31. The minimum atomic E-state index is -0.0298. The van der Waals surface area contributed by atoms with Crippen LogP contribution in [0.15, 0.2) is 36.5 Å². The maximum absolute atomic E-state index is 5.75. The van der Waals surface area contributed by atoms with E-state index in [0.29, 0.717) is 0 Å². The van der Waals surface area contributed by atoms with E-state index in [1.807, 2.05) is 18.2 Å². The Morgan fingerprint density at radius 2 is 2.16 bits per heavy atom. The molecule has 1 aromatic carbocycles. The molecule has 19 heavy (non-hydrogen) atoms. The van der Waals surface area contributed by atoms with Crippen molar-refractivity contribution in [3.8, 4) is 0 Å². The van der Waals surface area contributed by atoms with E-state index in [4.69, 9.17) is 10.6 Å².